The fourth-order valence-electron chi connectivity index (χ4n) is 8.31. The van der Waals surface area contributed by atoms with Crippen LogP contribution in [0.4, 0.5) is 0 Å². The van der Waals surface area contributed by atoms with E-state index in [1.165, 1.54) is 60.7 Å². The lowest BCUT2D eigenvalue weighted by molar-refractivity contribution is 0.387. The molecule has 4 saturated carbocycles. The molecule has 4 fully saturated rings. The third kappa shape index (κ3) is 4.60. The maximum atomic E-state index is 3.99. The Bertz CT molecular complexity index is 397. The first-order valence-electron chi connectivity index (χ1n) is 12.5. The summed E-state index contributed by atoms with van der Waals surface area (Å²) in [5.74, 6) is 0. The number of halogens is 2. The molecular weight excluding hydrogens is 476 g/mol. The monoisotopic (exact) mass is 516 g/mol. The highest BCUT2D eigenvalue weighted by atomic mass is 79.9. The molecule has 0 amide bonds. The Labute approximate surface area is 186 Å². The van der Waals surface area contributed by atoms with Crippen molar-refractivity contribution >= 4 is 39.9 Å². The molecule has 0 atom stereocenters. The van der Waals surface area contributed by atoms with E-state index in [0.717, 1.165) is 9.65 Å². The van der Waals surface area contributed by atoms with Gasteiger partial charge in [0.2, 0.25) is 0 Å². The number of rotatable bonds is 4. The third-order valence-electron chi connectivity index (χ3n) is 9.35. The van der Waals surface area contributed by atoms with Gasteiger partial charge in [-0.15, -0.1) is 0 Å². The summed E-state index contributed by atoms with van der Waals surface area (Å²) in [6.07, 6.45) is 28.1. The van der Waals surface area contributed by atoms with E-state index >= 15 is 0 Å². The van der Waals surface area contributed by atoms with Gasteiger partial charge in [-0.3, -0.25) is 0 Å². The average Bonchev–Trinajstić information content (AvgIpc) is 2.73. The Morgan fingerprint density at radius 1 is 0.370 bits per heavy atom. The Hall–Kier alpha value is 1.18. The van der Waals surface area contributed by atoms with E-state index in [1.54, 1.807) is 77.0 Å². The predicted molar refractivity (Wildman–Crippen MR) is 129 cm³/mol. The second-order valence-electron chi connectivity index (χ2n) is 10.6. The van der Waals surface area contributed by atoms with Gasteiger partial charge in [0, 0.05) is 9.65 Å². The van der Waals surface area contributed by atoms with Crippen molar-refractivity contribution in [3.8, 4) is 0 Å². The quantitative estimate of drug-likeness (QED) is 0.257. The summed E-state index contributed by atoms with van der Waals surface area (Å²) in [5.41, 5.74) is 4.75. The molecule has 0 aromatic heterocycles. The SMILES string of the molecule is BrC1CCC([Si](C2CCCCC2)(C2CCCCC2)C2CCC(Br)CC2)CC1. The topological polar surface area (TPSA) is 0 Å². The molecule has 4 aliphatic carbocycles. The summed E-state index contributed by atoms with van der Waals surface area (Å²) in [6.45, 7) is 0. The average molecular weight is 518 g/mol. The number of hydrogen-bond donors (Lipinski definition) is 0. The van der Waals surface area contributed by atoms with E-state index < -0.39 is 8.07 Å². The van der Waals surface area contributed by atoms with Gasteiger partial charge in [0.15, 0.2) is 0 Å². The van der Waals surface area contributed by atoms with Crippen LogP contribution in [0.2, 0.25) is 22.2 Å². The molecule has 3 heteroatoms. The summed E-state index contributed by atoms with van der Waals surface area (Å²) in [7, 11) is -1.29. The normalized spacial score (nSPS) is 38.0. The van der Waals surface area contributed by atoms with Crippen molar-refractivity contribution in [1.82, 2.24) is 0 Å². The molecule has 0 spiro atoms. The molecule has 0 aromatic carbocycles. The van der Waals surface area contributed by atoms with Gasteiger partial charge in [0.05, 0.1) is 8.07 Å². The van der Waals surface area contributed by atoms with Crippen molar-refractivity contribution in [3.63, 3.8) is 0 Å². The van der Waals surface area contributed by atoms with Crippen LogP contribution in [-0.2, 0) is 0 Å². The van der Waals surface area contributed by atoms with E-state index in [2.05, 4.69) is 31.9 Å². The second-order valence-corrected chi connectivity index (χ2v) is 18.4. The highest BCUT2D eigenvalue weighted by molar-refractivity contribution is 9.09. The molecule has 27 heavy (non-hydrogen) atoms. The molecular formula is C24H42Br2Si. The van der Waals surface area contributed by atoms with Gasteiger partial charge >= 0.3 is 0 Å². The molecule has 0 aliphatic heterocycles. The molecule has 0 heterocycles. The first-order chi connectivity index (χ1) is 13.2. The lowest BCUT2D eigenvalue weighted by atomic mass is 9.97. The minimum atomic E-state index is -1.29. The molecule has 156 valence electrons. The Morgan fingerprint density at radius 3 is 1.00 bits per heavy atom. The largest absolute Gasteiger partial charge is 0.0891 e. The summed E-state index contributed by atoms with van der Waals surface area (Å²) in [5, 5.41) is 0. The van der Waals surface area contributed by atoms with Crippen molar-refractivity contribution in [2.45, 2.75) is 147 Å². The number of hydrogen-bond acceptors (Lipinski definition) is 0. The van der Waals surface area contributed by atoms with Crippen molar-refractivity contribution in [2.75, 3.05) is 0 Å². The number of alkyl halides is 2. The summed E-state index contributed by atoms with van der Waals surface area (Å²) in [6, 6.07) is 0. The Balaban J connectivity index is 1.69. The highest BCUT2D eigenvalue weighted by Crippen LogP contribution is 2.64. The fraction of sp³-hybridized carbons (Fsp3) is 1.00. The van der Waals surface area contributed by atoms with Crippen LogP contribution in [0.3, 0.4) is 0 Å². The zero-order valence-corrected chi connectivity index (χ0v) is 21.6. The molecule has 0 bridgehead atoms. The van der Waals surface area contributed by atoms with Crippen LogP contribution in [0, 0.1) is 0 Å². The first-order valence-corrected chi connectivity index (χ1v) is 16.6. The molecule has 0 radical (unpaired) electrons. The molecule has 4 aliphatic rings. The predicted octanol–water partition coefficient (Wildman–Crippen LogP) is 9.52. The summed E-state index contributed by atoms with van der Waals surface area (Å²) >= 11 is 7.98. The highest BCUT2D eigenvalue weighted by Gasteiger charge is 2.57. The van der Waals surface area contributed by atoms with Crippen LogP contribution in [-0.4, -0.2) is 17.7 Å². The standard InChI is InChI=1S/C24H42Br2Si/c25-19-11-15-23(16-12-19)27(21-7-3-1-4-8-21,22-9-5-2-6-10-22)24-17-13-20(26)14-18-24/h19-24H,1-18H2. The molecule has 0 saturated heterocycles. The summed E-state index contributed by atoms with van der Waals surface area (Å²) in [4.78, 5) is 1.66. The van der Waals surface area contributed by atoms with Gasteiger partial charge < -0.3 is 0 Å². The van der Waals surface area contributed by atoms with E-state index in [0.29, 0.717) is 0 Å². The van der Waals surface area contributed by atoms with Crippen LogP contribution >= 0.6 is 31.9 Å². The Kier molecular flexibility index (Phi) is 7.92. The van der Waals surface area contributed by atoms with Crippen LogP contribution in [0.15, 0.2) is 0 Å². The molecule has 0 unspecified atom stereocenters. The fourth-order valence-corrected chi connectivity index (χ4v) is 18.9. The van der Waals surface area contributed by atoms with Gasteiger partial charge in [-0.1, -0.05) is 122 Å². The van der Waals surface area contributed by atoms with Crippen molar-refractivity contribution in [3.05, 3.63) is 0 Å². The first kappa shape index (κ1) is 21.4. The lowest BCUT2D eigenvalue weighted by Gasteiger charge is -2.58. The van der Waals surface area contributed by atoms with Crippen LogP contribution in [0.25, 0.3) is 0 Å². The maximum absolute atomic E-state index is 3.99. The smallest absolute Gasteiger partial charge is 0.0660 e. The zero-order valence-electron chi connectivity index (χ0n) is 17.4. The van der Waals surface area contributed by atoms with E-state index in [1.807, 2.05) is 0 Å². The van der Waals surface area contributed by atoms with Gasteiger partial charge in [-0.2, -0.15) is 0 Å². The Morgan fingerprint density at radius 2 is 0.667 bits per heavy atom. The van der Waals surface area contributed by atoms with Crippen molar-refractivity contribution in [1.29, 1.82) is 0 Å². The van der Waals surface area contributed by atoms with Crippen molar-refractivity contribution < 1.29 is 0 Å². The maximum Gasteiger partial charge on any atom is 0.0660 e. The van der Waals surface area contributed by atoms with Crippen molar-refractivity contribution in [2.24, 2.45) is 0 Å². The summed E-state index contributed by atoms with van der Waals surface area (Å²) < 4.78 is 0. The molecule has 0 aromatic rings. The van der Waals surface area contributed by atoms with Gasteiger partial charge in [-0.05, 0) is 47.8 Å². The molecule has 0 nitrogen and oxygen atoms in total. The van der Waals surface area contributed by atoms with Crippen LogP contribution < -0.4 is 0 Å². The second kappa shape index (κ2) is 9.99. The molecule has 4 rings (SSSR count). The zero-order chi connectivity index (χ0) is 18.7. The third-order valence-corrected chi connectivity index (χ3v) is 19.1. The van der Waals surface area contributed by atoms with E-state index in [9.17, 15) is 0 Å². The minimum absolute atomic E-state index is 0.830. The van der Waals surface area contributed by atoms with Gasteiger partial charge in [0.1, 0.15) is 0 Å². The van der Waals surface area contributed by atoms with Gasteiger partial charge in [0.25, 0.3) is 0 Å². The minimum Gasteiger partial charge on any atom is -0.0891 e. The van der Waals surface area contributed by atoms with Crippen LogP contribution in [0.1, 0.15) is 116 Å². The van der Waals surface area contributed by atoms with Gasteiger partial charge in [-0.25, -0.2) is 0 Å². The lowest BCUT2D eigenvalue weighted by Crippen LogP contribution is -2.55. The van der Waals surface area contributed by atoms with Crippen LogP contribution in [0.5, 0.6) is 0 Å². The van der Waals surface area contributed by atoms with E-state index in [4.69, 9.17) is 0 Å². The van der Waals surface area contributed by atoms with E-state index in [-0.39, 0.29) is 0 Å². The molecule has 0 N–H and O–H groups in total.